The van der Waals surface area contributed by atoms with Gasteiger partial charge in [0.05, 0.1) is 25.4 Å². The first-order valence-corrected chi connectivity index (χ1v) is 31.0. The third kappa shape index (κ3) is 9.90. The molecule has 0 saturated heterocycles. The number of carbonyl (C=O) groups excluding carboxylic acids is 2. The normalized spacial score (nSPS) is 28.8. The quantitative estimate of drug-likeness (QED) is 0.0518. The van der Waals surface area contributed by atoms with Gasteiger partial charge in [-0.3, -0.25) is 4.79 Å². The van der Waals surface area contributed by atoms with Crippen molar-refractivity contribution >= 4 is 29.0 Å². The van der Waals surface area contributed by atoms with E-state index in [0.29, 0.717) is 47.1 Å². The van der Waals surface area contributed by atoms with E-state index in [2.05, 4.69) is 127 Å². The fourth-order valence-electron chi connectivity index (χ4n) is 17.0. The molecular weight excluding hydrogens is 1050 g/mol. The molecule has 8 aliphatic rings. The molecule has 6 aromatic rings. The second kappa shape index (κ2) is 23.5. The number of benzene rings is 5. The Kier molecular flexibility index (Phi) is 15.8. The van der Waals surface area contributed by atoms with Gasteiger partial charge in [-0.25, -0.2) is 9.59 Å². The maximum Gasteiger partial charge on any atom is 0.340 e. The highest BCUT2D eigenvalue weighted by Gasteiger charge is 2.64. The van der Waals surface area contributed by atoms with Crippen LogP contribution in [0.4, 0.5) is 0 Å². The van der Waals surface area contributed by atoms with Crippen LogP contribution in [0.3, 0.4) is 0 Å². The first-order chi connectivity index (χ1) is 41.1. The van der Waals surface area contributed by atoms with Crippen molar-refractivity contribution in [2.24, 2.45) is 23.7 Å². The number of hydrogen-bond donors (Lipinski definition) is 3. The van der Waals surface area contributed by atoms with Crippen molar-refractivity contribution in [3.63, 3.8) is 0 Å². The molecule has 84 heavy (non-hydrogen) atoms. The Morgan fingerprint density at radius 1 is 0.774 bits per heavy atom. The Balaban J connectivity index is 0.959. The van der Waals surface area contributed by atoms with Crippen LogP contribution in [0, 0.1) is 23.7 Å². The molecule has 3 fully saturated rings. The molecule has 3 aliphatic heterocycles. The number of esters is 2. The molecule has 5 aliphatic carbocycles. The lowest BCUT2D eigenvalue weighted by Gasteiger charge is -2.52. The topological polar surface area (TPSA) is 162 Å². The lowest BCUT2D eigenvalue weighted by Crippen LogP contribution is -2.61. The smallest absolute Gasteiger partial charge is 0.340 e. The summed E-state index contributed by atoms with van der Waals surface area (Å²) < 4.78 is 33.9. The summed E-state index contributed by atoms with van der Waals surface area (Å²) in [6.45, 7) is 0.688. The maximum absolute atomic E-state index is 15.9. The summed E-state index contributed by atoms with van der Waals surface area (Å²) in [7, 11) is 1.52. The van der Waals surface area contributed by atoms with Crippen molar-refractivity contribution in [1.82, 2.24) is 0 Å². The van der Waals surface area contributed by atoms with Crippen molar-refractivity contribution in [2.75, 3.05) is 26.9 Å². The number of fused-ring (bicyclic) bond motifs is 17. The van der Waals surface area contributed by atoms with Crippen LogP contribution in [-0.2, 0) is 42.2 Å². The van der Waals surface area contributed by atoms with E-state index in [-0.39, 0.29) is 103 Å². The van der Waals surface area contributed by atoms with Crippen molar-refractivity contribution in [3.8, 4) is 5.75 Å². The van der Waals surface area contributed by atoms with E-state index in [4.69, 9.17) is 23.4 Å². The average Bonchev–Trinajstić information content (AvgIpc) is 1.55. The molecule has 0 unspecified atom stereocenters. The molecule has 3 saturated carbocycles. The number of aryl methyl sites for hydroxylation is 1. The maximum atomic E-state index is 15.9. The fourth-order valence-corrected chi connectivity index (χ4v) is 17.0. The van der Waals surface area contributed by atoms with Gasteiger partial charge < -0.3 is 38.7 Å². The Morgan fingerprint density at radius 2 is 1.57 bits per heavy atom. The van der Waals surface area contributed by atoms with Gasteiger partial charge in [-0.2, -0.15) is 0 Å². The second-order valence-corrected chi connectivity index (χ2v) is 25.3. The van der Waals surface area contributed by atoms with Crippen LogP contribution in [0.2, 0.25) is 0 Å². The van der Waals surface area contributed by atoms with Gasteiger partial charge in [0.25, 0.3) is 0 Å². The summed E-state index contributed by atoms with van der Waals surface area (Å²) in [6, 6.07) is 41.1. The predicted octanol–water partition coefficient (Wildman–Crippen LogP) is 13.3. The van der Waals surface area contributed by atoms with Gasteiger partial charge in [0.2, 0.25) is 0 Å². The average molecular weight is 1130 g/mol. The minimum atomic E-state index is -1.36. The molecule has 0 radical (unpaired) electrons. The van der Waals surface area contributed by atoms with Crippen molar-refractivity contribution in [3.05, 3.63) is 211 Å². The molecule has 14 rings (SSSR count). The van der Waals surface area contributed by atoms with Gasteiger partial charge in [0.1, 0.15) is 11.3 Å². The molecule has 11 atom stereocenters. The Labute approximate surface area is 492 Å². The molecule has 4 heterocycles. The van der Waals surface area contributed by atoms with E-state index in [1.165, 1.54) is 54.2 Å². The third-order valence-electron chi connectivity index (χ3n) is 21.1. The summed E-state index contributed by atoms with van der Waals surface area (Å²) in [6.07, 6.45) is 16.7. The van der Waals surface area contributed by atoms with Crippen molar-refractivity contribution < 1.29 is 48.3 Å². The highest BCUT2D eigenvalue weighted by atomic mass is 16.6. The lowest BCUT2D eigenvalue weighted by molar-refractivity contribution is -0.205. The first kappa shape index (κ1) is 56.3. The second-order valence-electron chi connectivity index (χ2n) is 25.3. The van der Waals surface area contributed by atoms with Gasteiger partial charge in [0, 0.05) is 60.3 Å². The van der Waals surface area contributed by atoms with Crippen molar-refractivity contribution in [1.29, 1.82) is 0 Å². The predicted molar refractivity (Wildman–Crippen MR) is 323 cm³/mol. The summed E-state index contributed by atoms with van der Waals surface area (Å²) in [5, 5.41) is 32.7. The highest BCUT2D eigenvalue weighted by molar-refractivity contribution is 5.90. The molecule has 436 valence electrons. The summed E-state index contributed by atoms with van der Waals surface area (Å²) in [5.74, 6) is -1.42. The molecule has 11 nitrogen and oxygen atoms in total. The van der Waals surface area contributed by atoms with E-state index in [1.54, 1.807) is 13.0 Å². The van der Waals surface area contributed by atoms with Crippen LogP contribution in [0.15, 0.2) is 154 Å². The van der Waals surface area contributed by atoms with Crippen LogP contribution in [-0.4, -0.2) is 65.9 Å². The number of hydrogen-bond acceptors (Lipinski definition) is 11. The van der Waals surface area contributed by atoms with Crippen molar-refractivity contribution in [2.45, 2.75) is 150 Å². The zero-order valence-corrected chi connectivity index (χ0v) is 48.4. The minimum Gasteiger partial charge on any atom is -0.482 e. The Hall–Kier alpha value is -6.89. The van der Waals surface area contributed by atoms with Crippen LogP contribution >= 0.6 is 0 Å². The fraction of sp³-hybridized carbons (Fsp3) is 0.438. The molecule has 0 amide bonds. The number of aliphatic hydroxyl groups excluding tert-OH is 3. The number of ether oxygens (including phenoxy) is 4. The van der Waals surface area contributed by atoms with Crippen LogP contribution in [0.1, 0.15) is 176 Å². The van der Waals surface area contributed by atoms with Gasteiger partial charge in [-0.15, -0.1) is 0 Å². The minimum absolute atomic E-state index is 0.0346. The largest absolute Gasteiger partial charge is 0.482 e. The SMILES string of the molecule is COC[C@@H](CCO)c1c(CO)c2ccc3c(c2oc1=O)[C@H]1OC(=O)C[C@H]2C[C@@H](c4cccc(C5(c6ccccc6)CCCCC5)c4)CC[C@@H]2c2ccc(cc2)CC/C(=C(\C)CO)C(=O)O[C@@H]1[C@@]1(CC=C[C@H]2[C@H]4C=Cc5ccccc5[C@H]4C[C@H]21)O3. The number of methoxy groups -OCH3 is 1. The summed E-state index contributed by atoms with van der Waals surface area (Å²) >= 11 is 0. The first-order valence-electron chi connectivity index (χ1n) is 31.0. The monoisotopic (exact) mass is 1130 g/mol. The van der Waals surface area contributed by atoms with Gasteiger partial charge in [0.15, 0.2) is 17.8 Å². The van der Waals surface area contributed by atoms with Crippen LogP contribution in [0.25, 0.3) is 17.0 Å². The molecule has 1 spiro atoms. The summed E-state index contributed by atoms with van der Waals surface area (Å²) in [4.78, 5) is 46.1. The highest BCUT2D eigenvalue weighted by Crippen LogP contribution is 2.62. The zero-order chi connectivity index (χ0) is 57.7. The molecule has 11 heteroatoms. The van der Waals surface area contributed by atoms with Crippen LogP contribution in [0.5, 0.6) is 5.75 Å². The van der Waals surface area contributed by atoms with Gasteiger partial charge >= 0.3 is 17.6 Å². The molecule has 5 aromatic carbocycles. The molecular formula is C73H78O11. The van der Waals surface area contributed by atoms with E-state index in [9.17, 15) is 20.1 Å². The summed E-state index contributed by atoms with van der Waals surface area (Å²) in [5.41, 5.74) is 8.11. The Bertz CT molecular complexity index is 3580. The van der Waals surface area contributed by atoms with E-state index >= 15 is 9.59 Å². The molecule has 1 aromatic heterocycles. The Morgan fingerprint density at radius 3 is 2.36 bits per heavy atom. The number of rotatable bonds is 10. The number of allylic oxidation sites excluding steroid dienone is 2. The van der Waals surface area contributed by atoms with Gasteiger partial charge in [-0.1, -0.05) is 147 Å². The lowest BCUT2D eigenvalue weighted by atomic mass is 9.64. The number of aliphatic hydroxyl groups is 3. The van der Waals surface area contributed by atoms with Crippen LogP contribution < -0.4 is 10.4 Å². The van der Waals surface area contributed by atoms with Gasteiger partial charge in [-0.05, 0) is 162 Å². The van der Waals surface area contributed by atoms with E-state index < -0.39 is 47.9 Å². The number of carbonyl (C=O) groups is 2. The third-order valence-corrected chi connectivity index (χ3v) is 21.1. The zero-order valence-electron chi connectivity index (χ0n) is 48.4. The molecule has 2 bridgehead atoms. The van der Waals surface area contributed by atoms with E-state index in [1.807, 2.05) is 6.07 Å². The van der Waals surface area contributed by atoms with E-state index in [0.717, 1.165) is 43.2 Å². The standard InChI is InChI=1S/C73H78O11/c1-44(41-75)54-27-22-45-20-23-47(24-21-45)55-28-26-49(48-14-11-17-53(38-48)72(33-9-4-10-34-72)52-15-5-3-6-16-52)37-51(55)39-64(77)81-68-66-63(31-30-59-61(42-76)65(71(79)82-67(59)66)50(32-36-74)43-80-2)84-73(69(68)83-70(54)78)35-12-19-58-57-29-25-46-13-7-8-18-56(46)60(57)40-62(58)73/h3,5-8,11-21,23-25,29-31,38,49-51,55,57-58,60,62,68-69,74-76H,4,9-10,22,26-28,32-37,39-43H2,1-2H3/b54-44-/t49-,50+,51+,55+,57+,58-,60+,62+,68+,69-,73-/m0/s1. The molecule has 3 N–H and O–H groups in total.